The molecule has 32 heavy (non-hydrogen) atoms. The molecule has 1 fully saturated rings. The highest BCUT2D eigenvalue weighted by atomic mass is 32.2. The van der Waals surface area contributed by atoms with Crippen molar-refractivity contribution in [1.82, 2.24) is 8.87 Å². The number of benzene rings is 1. The van der Waals surface area contributed by atoms with Crippen molar-refractivity contribution >= 4 is 20.9 Å². The molecule has 2 aliphatic heterocycles. The zero-order valence-corrected chi connectivity index (χ0v) is 20.1. The van der Waals surface area contributed by atoms with E-state index in [2.05, 4.69) is 36.1 Å². The highest BCUT2D eigenvalue weighted by Gasteiger charge is 2.36. The molecule has 1 saturated heterocycles. The van der Waals surface area contributed by atoms with Crippen LogP contribution in [0.1, 0.15) is 39.2 Å². The first kappa shape index (κ1) is 21.7. The van der Waals surface area contributed by atoms with E-state index in [0.717, 1.165) is 47.5 Å². The Balaban J connectivity index is 1.44. The predicted molar refractivity (Wildman–Crippen MR) is 132 cm³/mol. The molecule has 5 atom stereocenters. The maximum absolute atomic E-state index is 13.7. The van der Waals surface area contributed by atoms with Crippen LogP contribution in [-0.4, -0.2) is 41.7 Å². The lowest BCUT2D eigenvalue weighted by Gasteiger charge is -2.46. The molecule has 0 N–H and O–H groups in total. The van der Waals surface area contributed by atoms with E-state index in [1.54, 1.807) is 3.97 Å². The molecule has 1 aromatic heterocycles. The minimum absolute atomic E-state index is 0.0451. The van der Waals surface area contributed by atoms with Gasteiger partial charge in [0, 0.05) is 30.7 Å². The Bertz CT molecular complexity index is 1200. The van der Waals surface area contributed by atoms with Gasteiger partial charge in [0.2, 0.25) is 10.0 Å². The minimum atomic E-state index is -3.54. The first-order valence-corrected chi connectivity index (χ1v) is 13.5. The van der Waals surface area contributed by atoms with Gasteiger partial charge in [-0.05, 0) is 49.1 Å². The lowest BCUT2D eigenvalue weighted by Crippen LogP contribution is -2.50. The van der Waals surface area contributed by atoms with Crippen molar-refractivity contribution in [3.63, 3.8) is 0 Å². The van der Waals surface area contributed by atoms with E-state index in [9.17, 15) is 8.42 Å². The molecule has 0 amide bonds. The van der Waals surface area contributed by atoms with Gasteiger partial charge in [-0.1, -0.05) is 74.4 Å². The standard InChI is InChI=1S/C27H34N2O2S/c1-4-22-16-21-10-11-25(22)28(17-21)14-13-23-18-29(26-8-6-5-7-24(23)26)32(30,31)27-12-9-19(2)15-20(27)3/h5-12,15,18,20-22,25,27H,4,13-14,16-17H2,1-3H3. The fraction of sp³-hybridized carbons (Fsp3) is 0.481. The number of allylic oxidation sites excluding steroid dienone is 3. The van der Waals surface area contributed by atoms with Crippen molar-refractivity contribution in [2.75, 3.05) is 13.1 Å². The van der Waals surface area contributed by atoms with Crippen LogP contribution in [0.2, 0.25) is 0 Å². The van der Waals surface area contributed by atoms with Crippen LogP contribution in [0.4, 0.5) is 0 Å². The smallest absolute Gasteiger partial charge is 0.246 e. The van der Waals surface area contributed by atoms with Gasteiger partial charge in [-0.2, -0.15) is 0 Å². The van der Waals surface area contributed by atoms with Gasteiger partial charge in [0.1, 0.15) is 5.25 Å². The van der Waals surface area contributed by atoms with Crippen LogP contribution >= 0.6 is 0 Å². The number of aromatic nitrogens is 1. The van der Waals surface area contributed by atoms with E-state index in [4.69, 9.17) is 0 Å². The van der Waals surface area contributed by atoms with E-state index in [0.29, 0.717) is 12.0 Å². The first-order chi connectivity index (χ1) is 15.4. The molecule has 2 aliphatic carbocycles. The normalized spacial score (nSPS) is 30.2. The van der Waals surface area contributed by atoms with E-state index in [1.807, 2.05) is 50.4 Å². The van der Waals surface area contributed by atoms with Crippen molar-refractivity contribution in [3.05, 3.63) is 72.0 Å². The second-order valence-electron chi connectivity index (χ2n) is 9.89. The van der Waals surface area contributed by atoms with Gasteiger partial charge in [-0.25, -0.2) is 12.4 Å². The Morgan fingerprint density at radius 1 is 1.12 bits per heavy atom. The number of para-hydroxylation sites is 1. The van der Waals surface area contributed by atoms with Crippen molar-refractivity contribution in [2.45, 2.75) is 51.3 Å². The average Bonchev–Trinajstić information content (AvgIpc) is 3.17. The summed E-state index contributed by atoms with van der Waals surface area (Å²) in [6, 6.07) is 8.48. The van der Waals surface area contributed by atoms with E-state index in [1.165, 1.54) is 12.8 Å². The molecule has 0 saturated carbocycles. The fourth-order valence-corrected chi connectivity index (χ4v) is 7.91. The second kappa shape index (κ2) is 8.35. The topological polar surface area (TPSA) is 42.3 Å². The Kier molecular flexibility index (Phi) is 5.67. The molecule has 6 rings (SSSR count). The van der Waals surface area contributed by atoms with E-state index < -0.39 is 15.3 Å². The average molecular weight is 451 g/mol. The van der Waals surface area contributed by atoms with Crippen LogP contribution in [0.25, 0.3) is 10.9 Å². The zero-order chi connectivity index (χ0) is 22.5. The van der Waals surface area contributed by atoms with Crippen LogP contribution in [-0.2, 0) is 16.4 Å². The maximum Gasteiger partial charge on any atom is 0.246 e. The number of nitrogens with zero attached hydrogens (tertiary/aromatic N) is 2. The zero-order valence-electron chi connectivity index (χ0n) is 19.3. The number of rotatable bonds is 6. The number of fused-ring (bicyclic) bond motifs is 3. The molecule has 4 nitrogen and oxygen atoms in total. The predicted octanol–water partition coefficient (Wildman–Crippen LogP) is 5.17. The summed E-state index contributed by atoms with van der Waals surface area (Å²) in [5, 5.41) is 0.517. The van der Waals surface area contributed by atoms with E-state index in [-0.39, 0.29) is 5.92 Å². The summed E-state index contributed by atoms with van der Waals surface area (Å²) in [6.07, 6.45) is 15.9. The third-order valence-electron chi connectivity index (χ3n) is 7.72. The summed E-state index contributed by atoms with van der Waals surface area (Å²) in [5.74, 6) is 1.37. The summed E-state index contributed by atoms with van der Waals surface area (Å²) in [5.41, 5.74) is 3.04. The Morgan fingerprint density at radius 3 is 2.69 bits per heavy atom. The molecule has 1 aromatic carbocycles. The highest BCUT2D eigenvalue weighted by Crippen LogP contribution is 2.36. The quantitative estimate of drug-likeness (QED) is 0.570. The minimum Gasteiger partial charge on any atom is -0.296 e. The van der Waals surface area contributed by atoms with Gasteiger partial charge in [0.15, 0.2) is 0 Å². The lowest BCUT2D eigenvalue weighted by molar-refractivity contribution is 0.0826. The van der Waals surface area contributed by atoms with Crippen LogP contribution in [0.5, 0.6) is 0 Å². The number of hydrogen-bond acceptors (Lipinski definition) is 3. The highest BCUT2D eigenvalue weighted by molar-refractivity contribution is 7.90. The van der Waals surface area contributed by atoms with Crippen molar-refractivity contribution in [1.29, 1.82) is 0 Å². The molecule has 170 valence electrons. The van der Waals surface area contributed by atoms with Gasteiger partial charge in [-0.15, -0.1) is 0 Å². The Morgan fingerprint density at radius 2 is 1.94 bits per heavy atom. The molecule has 4 aliphatic rings. The summed E-state index contributed by atoms with van der Waals surface area (Å²) in [6.45, 7) is 8.41. The van der Waals surface area contributed by atoms with Gasteiger partial charge < -0.3 is 0 Å². The molecule has 5 heteroatoms. The van der Waals surface area contributed by atoms with Gasteiger partial charge in [0.25, 0.3) is 0 Å². The lowest BCUT2D eigenvalue weighted by atomic mass is 9.76. The SMILES string of the molecule is CCC1CC2C=CC1N(CCc1cn(S(=O)(=O)C3C=CC(C)=CC3C)c3ccccc13)C2. The van der Waals surface area contributed by atoms with Crippen molar-refractivity contribution in [3.8, 4) is 0 Å². The third kappa shape index (κ3) is 3.69. The van der Waals surface area contributed by atoms with Crippen LogP contribution in [0.3, 0.4) is 0 Å². The summed E-state index contributed by atoms with van der Waals surface area (Å²) in [7, 11) is -3.54. The van der Waals surface area contributed by atoms with Gasteiger partial charge >= 0.3 is 0 Å². The summed E-state index contributed by atoms with van der Waals surface area (Å²) in [4.78, 5) is 2.61. The molecule has 2 aromatic rings. The number of hydrogen-bond donors (Lipinski definition) is 0. The summed E-state index contributed by atoms with van der Waals surface area (Å²) < 4.78 is 28.9. The molecule has 3 heterocycles. The monoisotopic (exact) mass is 450 g/mol. The fourth-order valence-electron chi connectivity index (χ4n) is 6.04. The largest absolute Gasteiger partial charge is 0.296 e. The summed E-state index contributed by atoms with van der Waals surface area (Å²) >= 11 is 0. The van der Waals surface area contributed by atoms with E-state index >= 15 is 0 Å². The van der Waals surface area contributed by atoms with Crippen molar-refractivity contribution in [2.24, 2.45) is 17.8 Å². The molecule has 2 bridgehead atoms. The molecular weight excluding hydrogens is 416 g/mol. The van der Waals surface area contributed by atoms with Gasteiger partial charge in [-0.3, -0.25) is 4.90 Å². The molecule has 0 spiro atoms. The Hall–Kier alpha value is -2.11. The third-order valence-corrected chi connectivity index (χ3v) is 9.85. The maximum atomic E-state index is 13.7. The van der Waals surface area contributed by atoms with Gasteiger partial charge in [0.05, 0.1) is 5.52 Å². The molecule has 5 unspecified atom stereocenters. The van der Waals surface area contributed by atoms with Crippen molar-refractivity contribution < 1.29 is 8.42 Å². The molecular formula is C27H34N2O2S. The Labute approximate surface area is 192 Å². The molecule has 0 radical (unpaired) electrons. The second-order valence-corrected chi connectivity index (χ2v) is 11.9. The first-order valence-electron chi connectivity index (χ1n) is 12.0. The van der Waals surface area contributed by atoms with Crippen LogP contribution in [0.15, 0.2) is 66.4 Å². The van der Waals surface area contributed by atoms with Crippen LogP contribution in [0, 0.1) is 17.8 Å². The van der Waals surface area contributed by atoms with Crippen LogP contribution < -0.4 is 0 Å². The number of piperidine rings is 1.